The second-order valence-corrected chi connectivity index (χ2v) is 13.1. The molecule has 0 aromatic heterocycles. The van der Waals surface area contributed by atoms with E-state index in [9.17, 15) is 0 Å². The number of rotatable bonds is 33. The van der Waals surface area contributed by atoms with Crippen molar-refractivity contribution in [2.75, 3.05) is 0 Å². The van der Waals surface area contributed by atoms with E-state index in [0.717, 1.165) is 18.5 Å². The number of aliphatic imine (C=N–C) groups is 2. The SMILES string of the molecule is CCCCCCCCCCCCCCCC(CCCCCCCCCCCCCC)CCCCC[C+]1N=CC=N1. The summed E-state index contributed by atoms with van der Waals surface area (Å²) in [6, 6.07) is 0. The van der Waals surface area contributed by atoms with Crippen molar-refractivity contribution in [2.24, 2.45) is 15.9 Å². The number of hydrogen-bond acceptors (Lipinski definition) is 2. The highest BCUT2D eigenvalue weighted by Gasteiger charge is 2.15. The largest absolute Gasteiger partial charge is 0.240 e. The molecule has 0 amide bonds. The van der Waals surface area contributed by atoms with Crippen LogP contribution in [0, 0.1) is 12.1 Å². The summed E-state index contributed by atoms with van der Waals surface area (Å²) in [5.74, 6) is 0.978. The first-order valence-corrected chi connectivity index (χ1v) is 18.8. The highest BCUT2D eigenvalue weighted by molar-refractivity contribution is 6.18. The van der Waals surface area contributed by atoms with Crippen LogP contribution >= 0.6 is 0 Å². The van der Waals surface area contributed by atoms with Crippen molar-refractivity contribution in [3.05, 3.63) is 6.17 Å². The molecule has 0 bridgehead atoms. The standard InChI is InChI=1S/C38H73N2/c1-3-5-7-9-11-13-15-17-19-21-23-25-28-32-37(33-29-26-30-34-38-39-35-36-40-38)31-27-24-22-20-18-16-14-12-10-8-6-4-2/h35-37H,3-34H2,1-2H3/q+1. The predicted octanol–water partition coefficient (Wildman–Crippen LogP) is 13.8. The lowest BCUT2D eigenvalue weighted by molar-refractivity contribution is 0.366. The molecule has 2 heteroatoms. The van der Waals surface area contributed by atoms with E-state index in [4.69, 9.17) is 0 Å². The Balaban J connectivity index is 2.05. The highest BCUT2D eigenvalue weighted by atomic mass is 15.0. The Hall–Kier alpha value is -0.790. The fourth-order valence-electron chi connectivity index (χ4n) is 6.45. The first-order chi connectivity index (χ1) is 19.9. The summed E-state index contributed by atoms with van der Waals surface area (Å²) in [7, 11) is 0. The van der Waals surface area contributed by atoms with Gasteiger partial charge in [-0.1, -0.05) is 216 Å². The number of unbranched alkanes of at least 4 members (excludes halogenated alkanes) is 25. The van der Waals surface area contributed by atoms with Crippen molar-refractivity contribution in [1.29, 1.82) is 0 Å². The van der Waals surface area contributed by atoms with Gasteiger partial charge in [0.15, 0.2) is 12.4 Å². The summed E-state index contributed by atoms with van der Waals surface area (Å²) in [5.41, 5.74) is 0. The fraction of sp³-hybridized carbons (Fsp3) is 0.921. The predicted molar refractivity (Wildman–Crippen MR) is 183 cm³/mol. The molecule has 2 nitrogen and oxygen atoms in total. The van der Waals surface area contributed by atoms with Gasteiger partial charge < -0.3 is 0 Å². The third kappa shape index (κ3) is 26.1. The summed E-state index contributed by atoms with van der Waals surface area (Å²) in [6.45, 7) is 4.62. The van der Waals surface area contributed by atoms with Crippen LogP contribution in [0.1, 0.15) is 219 Å². The summed E-state index contributed by atoms with van der Waals surface area (Å²) in [6.07, 6.45) is 50.7. The van der Waals surface area contributed by atoms with E-state index in [-0.39, 0.29) is 0 Å². The van der Waals surface area contributed by atoms with Crippen molar-refractivity contribution in [3.63, 3.8) is 0 Å². The Kier molecular flexibility index (Phi) is 29.0. The topological polar surface area (TPSA) is 24.7 Å². The lowest BCUT2D eigenvalue weighted by Crippen LogP contribution is -2.02. The molecule has 0 radical (unpaired) electrons. The van der Waals surface area contributed by atoms with Gasteiger partial charge in [-0.05, 0) is 12.3 Å². The average molecular weight is 558 g/mol. The van der Waals surface area contributed by atoms with Crippen LogP contribution in [0.4, 0.5) is 0 Å². The lowest BCUT2D eigenvalue weighted by atomic mass is 9.89. The van der Waals surface area contributed by atoms with Gasteiger partial charge in [0.2, 0.25) is 6.17 Å². The molecule has 40 heavy (non-hydrogen) atoms. The molecule has 0 N–H and O–H groups in total. The molecule has 0 saturated heterocycles. The minimum Gasteiger partial charge on any atom is -0.0968 e. The zero-order valence-corrected chi connectivity index (χ0v) is 27.8. The van der Waals surface area contributed by atoms with Gasteiger partial charge in [0.25, 0.3) is 0 Å². The van der Waals surface area contributed by atoms with Crippen LogP contribution in [-0.4, -0.2) is 12.4 Å². The van der Waals surface area contributed by atoms with Crippen LogP contribution in [-0.2, 0) is 0 Å². The van der Waals surface area contributed by atoms with Crippen LogP contribution in [0.2, 0.25) is 0 Å². The zero-order valence-electron chi connectivity index (χ0n) is 27.8. The molecule has 0 aromatic rings. The summed E-state index contributed by atoms with van der Waals surface area (Å²) >= 11 is 0. The fourth-order valence-corrected chi connectivity index (χ4v) is 6.45. The van der Waals surface area contributed by atoms with Crippen LogP contribution in [0.15, 0.2) is 9.98 Å². The molecule has 1 aliphatic heterocycles. The Morgan fingerprint density at radius 1 is 0.375 bits per heavy atom. The maximum absolute atomic E-state index is 4.33. The van der Waals surface area contributed by atoms with Gasteiger partial charge in [0.1, 0.15) is 0 Å². The minimum atomic E-state index is 0.978. The maximum Gasteiger partial charge on any atom is 0.240 e. The smallest absolute Gasteiger partial charge is 0.0968 e. The van der Waals surface area contributed by atoms with Crippen molar-refractivity contribution in [1.82, 2.24) is 0 Å². The van der Waals surface area contributed by atoms with Gasteiger partial charge in [0.05, 0.1) is 6.42 Å². The van der Waals surface area contributed by atoms with Crippen LogP contribution in [0.25, 0.3) is 0 Å². The molecule has 0 fully saturated rings. The first-order valence-electron chi connectivity index (χ1n) is 18.8. The monoisotopic (exact) mass is 558 g/mol. The summed E-state index contributed by atoms with van der Waals surface area (Å²) in [4.78, 5) is 8.67. The van der Waals surface area contributed by atoms with Crippen LogP contribution in [0.3, 0.4) is 0 Å². The molecule has 234 valence electrons. The van der Waals surface area contributed by atoms with Gasteiger partial charge >= 0.3 is 0 Å². The van der Waals surface area contributed by atoms with E-state index in [0.29, 0.717) is 0 Å². The first kappa shape index (κ1) is 37.2. The summed E-state index contributed by atoms with van der Waals surface area (Å²) in [5, 5.41) is 0. The zero-order chi connectivity index (χ0) is 28.6. The second kappa shape index (κ2) is 31.2. The van der Waals surface area contributed by atoms with Gasteiger partial charge in [-0.15, -0.1) is 0 Å². The van der Waals surface area contributed by atoms with Crippen molar-refractivity contribution in [3.8, 4) is 0 Å². The van der Waals surface area contributed by atoms with Gasteiger partial charge in [0, 0.05) is 0 Å². The van der Waals surface area contributed by atoms with Crippen molar-refractivity contribution >= 4 is 12.4 Å². The number of nitrogens with zero attached hydrogens (tertiary/aromatic N) is 2. The molecule has 1 unspecified atom stereocenters. The van der Waals surface area contributed by atoms with E-state index in [1.807, 2.05) is 12.4 Å². The molecular formula is C38H73N2+. The van der Waals surface area contributed by atoms with E-state index in [1.165, 1.54) is 199 Å². The van der Waals surface area contributed by atoms with E-state index in [1.54, 1.807) is 0 Å². The molecule has 0 aromatic carbocycles. The second-order valence-electron chi connectivity index (χ2n) is 13.1. The Morgan fingerprint density at radius 3 is 0.975 bits per heavy atom. The van der Waals surface area contributed by atoms with Gasteiger partial charge in [-0.3, -0.25) is 0 Å². The average Bonchev–Trinajstić information content (AvgIpc) is 3.49. The highest BCUT2D eigenvalue weighted by Crippen LogP contribution is 2.26. The normalized spacial score (nSPS) is 13.6. The summed E-state index contributed by atoms with van der Waals surface area (Å²) < 4.78 is 0. The van der Waals surface area contributed by atoms with Crippen molar-refractivity contribution < 1.29 is 0 Å². The molecule has 1 heterocycles. The molecular weight excluding hydrogens is 484 g/mol. The molecule has 0 saturated carbocycles. The van der Waals surface area contributed by atoms with E-state index < -0.39 is 0 Å². The minimum absolute atomic E-state index is 0.978. The molecule has 1 rings (SSSR count). The molecule has 1 aliphatic rings. The maximum atomic E-state index is 4.33. The van der Waals surface area contributed by atoms with E-state index in [2.05, 4.69) is 23.8 Å². The third-order valence-electron chi connectivity index (χ3n) is 9.21. The van der Waals surface area contributed by atoms with Gasteiger partial charge in [-0.2, -0.15) is 0 Å². The third-order valence-corrected chi connectivity index (χ3v) is 9.21. The van der Waals surface area contributed by atoms with Crippen LogP contribution in [0.5, 0.6) is 0 Å². The lowest BCUT2D eigenvalue weighted by Gasteiger charge is -2.17. The number of hydrogen-bond donors (Lipinski definition) is 0. The Morgan fingerprint density at radius 2 is 0.650 bits per heavy atom. The Bertz CT molecular complexity index is 528. The van der Waals surface area contributed by atoms with Gasteiger partial charge in [-0.25, -0.2) is 0 Å². The molecule has 0 spiro atoms. The molecule has 1 atom stereocenters. The molecule has 0 aliphatic carbocycles. The van der Waals surface area contributed by atoms with Crippen molar-refractivity contribution in [2.45, 2.75) is 219 Å². The van der Waals surface area contributed by atoms with E-state index >= 15 is 0 Å². The quantitative estimate of drug-likeness (QED) is 0.0566. The van der Waals surface area contributed by atoms with Crippen LogP contribution < -0.4 is 0 Å². The Labute approximate surface area is 253 Å².